The van der Waals surface area contributed by atoms with E-state index in [9.17, 15) is 9.59 Å². The van der Waals surface area contributed by atoms with E-state index in [-0.39, 0.29) is 11.9 Å². The summed E-state index contributed by atoms with van der Waals surface area (Å²) < 4.78 is 11.1. The molecule has 1 saturated heterocycles. The van der Waals surface area contributed by atoms with Crippen LogP contribution in [0.3, 0.4) is 0 Å². The van der Waals surface area contributed by atoms with Gasteiger partial charge in [0.2, 0.25) is 0 Å². The van der Waals surface area contributed by atoms with E-state index in [1.54, 1.807) is 19.9 Å². The van der Waals surface area contributed by atoms with Gasteiger partial charge in [0, 0.05) is 30.2 Å². The molecule has 0 radical (unpaired) electrons. The van der Waals surface area contributed by atoms with Gasteiger partial charge in [-0.3, -0.25) is 9.59 Å². The van der Waals surface area contributed by atoms with Crippen LogP contribution in [-0.2, 0) is 16.0 Å². The fourth-order valence-electron chi connectivity index (χ4n) is 3.47. The Labute approximate surface area is 160 Å². The summed E-state index contributed by atoms with van der Waals surface area (Å²) in [7, 11) is 0. The zero-order valence-electron chi connectivity index (χ0n) is 16.1. The second-order valence-corrected chi connectivity index (χ2v) is 6.86. The topological polar surface area (TPSA) is 55.8 Å². The summed E-state index contributed by atoms with van der Waals surface area (Å²) in [4.78, 5) is 26.2. The van der Waals surface area contributed by atoms with Gasteiger partial charge in [-0.2, -0.15) is 0 Å². The SMILES string of the molecule is CCC(=O)Oc1ccc(CCN2CCCC2)c2c(OC(=O)CC)cccc12. The Hall–Kier alpha value is -2.40. The number of esters is 2. The summed E-state index contributed by atoms with van der Waals surface area (Å²) in [6.45, 7) is 6.79. The predicted molar refractivity (Wildman–Crippen MR) is 105 cm³/mol. The summed E-state index contributed by atoms with van der Waals surface area (Å²) in [6.07, 6.45) is 3.99. The van der Waals surface area contributed by atoms with Gasteiger partial charge < -0.3 is 14.4 Å². The standard InChI is InChI=1S/C22H27NO4/c1-3-20(24)26-18-11-10-16(12-15-23-13-5-6-14-23)22-17(18)8-7-9-19(22)27-21(25)4-2/h7-11H,3-6,12-15H2,1-2H3. The molecule has 0 atom stereocenters. The van der Waals surface area contributed by atoms with Gasteiger partial charge in [0.25, 0.3) is 0 Å². The number of hydrogen-bond acceptors (Lipinski definition) is 5. The molecule has 1 aliphatic heterocycles. The van der Waals surface area contributed by atoms with Crippen molar-refractivity contribution in [2.45, 2.75) is 46.0 Å². The van der Waals surface area contributed by atoms with Gasteiger partial charge in [-0.25, -0.2) is 0 Å². The zero-order chi connectivity index (χ0) is 19.2. The Bertz CT molecular complexity index is 824. The molecule has 0 aliphatic carbocycles. The molecule has 2 aromatic carbocycles. The molecular formula is C22H27NO4. The molecule has 0 saturated carbocycles. The predicted octanol–water partition coefficient (Wildman–Crippen LogP) is 4.11. The van der Waals surface area contributed by atoms with Crippen molar-refractivity contribution in [2.75, 3.05) is 19.6 Å². The maximum Gasteiger partial charge on any atom is 0.310 e. The Morgan fingerprint density at radius 1 is 0.926 bits per heavy atom. The summed E-state index contributed by atoms with van der Waals surface area (Å²) >= 11 is 0. The number of nitrogens with zero attached hydrogens (tertiary/aromatic N) is 1. The Morgan fingerprint density at radius 2 is 1.59 bits per heavy atom. The van der Waals surface area contributed by atoms with E-state index < -0.39 is 0 Å². The minimum Gasteiger partial charge on any atom is -0.426 e. The number of likely N-dealkylation sites (tertiary alicyclic amines) is 1. The Morgan fingerprint density at radius 3 is 2.26 bits per heavy atom. The molecule has 0 N–H and O–H groups in total. The highest BCUT2D eigenvalue weighted by Crippen LogP contribution is 2.36. The smallest absolute Gasteiger partial charge is 0.310 e. The normalized spacial score (nSPS) is 14.4. The van der Waals surface area contributed by atoms with Gasteiger partial charge in [-0.15, -0.1) is 0 Å². The summed E-state index contributed by atoms with van der Waals surface area (Å²) in [6, 6.07) is 9.38. The van der Waals surface area contributed by atoms with E-state index in [4.69, 9.17) is 9.47 Å². The van der Waals surface area contributed by atoms with Gasteiger partial charge in [-0.1, -0.05) is 32.0 Å². The monoisotopic (exact) mass is 369 g/mol. The molecule has 144 valence electrons. The van der Waals surface area contributed by atoms with Crippen LogP contribution in [-0.4, -0.2) is 36.5 Å². The van der Waals surface area contributed by atoms with Gasteiger partial charge in [0.15, 0.2) is 0 Å². The van der Waals surface area contributed by atoms with Crippen LogP contribution in [0.25, 0.3) is 10.8 Å². The van der Waals surface area contributed by atoms with E-state index in [0.29, 0.717) is 24.3 Å². The molecule has 3 rings (SSSR count). The van der Waals surface area contributed by atoms with Crippen molar-refractivity contribution < 1.29 is 19.1 Å². The third-order valence-corrected chi connectivity index (χ3v) is 4.97. The quantitative estimate of drug-likeness (QED) is 0.543. The maximum atomic E-state index is 11.9. The second-order valence-electron chi connectivity index (χ2n) is 6.86. The maximum absolute atomic E-state index is 11.9. The summed E-state index contributed by atoms with van der Waals surface area (Å²) in [5, 5.41) is 1.66. The highest BCUT2D eigenvalue weighted by atomic mass is 16.5. The number of benzene rings is 2. The molecule has 1 aliphatic rings. The largest absolute Gasteiger partial charge is 0.426 e. The molecule has 0 unspecified atom stereocenters. The van der Waals surface area contributed by atoms with Gasteiger partial charge >= 0.3 is 11.9 Å². The van der Waals surface area contributed by atoms with E-state index in [0.717, 1.165) is 42.4 Å². The van der Waals surface area contributed by atoms with Gasteiger partial charge in [-0.05, 0) is 50.0 Å². The van der Waals surface area contributed by atoms with Crippen molar-refractivity contribution >= 4 is 22.7 Å². The first-order chi connectivity index (χ1) is 13.1. The number of ether oxygens (including phenoxy) is 2. The molecule has 1 fully saturated rings. The molecular weight excluding hydrogens is 342 g/mol. The fourth-order valence-corrected chi connectivity index (χ4v) is 3.47. The first-order valence-electron chi connectivity index (χ1n) is 9.80. The third-order valence-electron chi connectivity index (χ3n) is 4.97. The van der Waals surface area contributed by atoms with Crippen LogP contribution in [0.2, 0.25) is 0 Å². The average Bonchev–Trinajstić information content (AvgIpc) is 3.20. The number of carbonyl (C=O) groups excluding carboxylic acids is 2. The molecule has 0 aromatic heterocycles. The number of fused-ring (bicyclic) bond motifs is 1. The number of rotatable bonds is 7. The minimum atomic E-state index is -0.280. The van der Waals surface area contributed by atoms with Crippen molar-refractivity contribution in [1.29, 1.82) is 0 Å². The average molecular weight is 369 g/mol. The van der Waals surface area contributed by atoms with Crippen molar-refractivity contribution in [1.82, 2.24) is 4.90 Å². The van der Waals surface area contributed by atoms with Crippen LogP contribution in [0.1, 0.15) is 45.1 Å². The van der Waals surface area contributed by atoms with E-state index in [1.165, 1.54) is 12.8 Å². The first kappa shape index (κ1) is 19.4. The van der Waals surface area contributed by atoms with Crippen LogP contribution in [0, 0.1) is 0 Å². The lowest BCUT2D eigenvalue weighted by atomic mass is 10.00. The van der Waals surface area contributed by atoms with E-state index in [1.807, 2.05) is 24.3 Å². The van der Waals surface area contributed by atoms with Crippen molar-refractivity contribution in [3.05, 3.63) is 35.9 Å². The van der Waals surface area contributed by atoms with Crippen molar-refractivity contribution in [3.8, 4) is 11.5 Å². The van der Waals surface area contributed by atoms with Crippen LogP contribution >= 0.6 is 0 Å². The molecule has 1 heterocycles. The molecule has 0 amide bonds. The molecule has 27 heavy (non-hydrogen) atoms. The highest BCUT2D eigenvalue weighted by Gasteiger charge is 2.17. The number of carbonyl (C=O) groups is 2. The van der Waals surface area contributed by atoms with E-state index in [2.05, 4.69) is 4.90 Å². The van der Waals surface area contributed by atoms with Crippen molar-refractivity contribution in [3.63, 3.8) is 0 Å². The summed E-state index contributed by atoms with van der Waals surface area (Å²) in [5.41, 5.74) is 1.10. The highest BCUT2D eigenvalue weighted by molar-refractivity contribution is 5.98. The van der Waals surface area contributed by atoms with Crippen LogP contribution < -0.4 is 9.47 Å². The lowest BCUT2D eigenvalue weighted by Crippen LogP contribution is -2.22. The number of hydrogen-bond donors (Lipinski definition) is 0. The van der Waals surface area contributed by atoms with Crippen LogP contribution in [0.4, 0.5) is 0 Å². The van der Waals surface area contributed by atoms with Crippen molar-refractivity contribution in [2.24, 2.45) is 0 Å². The molecule has 5 heteroatoms. The molecule has 2 aromatic rings. The second kappa shape index (κ2) is 9.00. The van der Waals surface area contributed by atoms with Gasteiger partial charge in [0.05, 0.1) is 0 Å². The molecule has 0 bridgehead atoms. The lowest BCUT2D eigenvalue weighted by molar-refractivity contribution is -0.134. The van der Waals surface area contributed by atoms with E-state index >= 15 is 0 Å². The van der Waals surface area contributed by atoms with Gasteiger partial charge in [0.1, 0.15) is 11.5 Å². The molecule has 0 spiro atoms. The van der Waals surface area contributed by atoms with Crippen LogP contribution in [0.15, 0.2) is 30.3 Å². The third kappa shape index (κ3) is 4.66. The summed E-state index contributed by atoms with van der Waals surface area (Å²) in [5.74, 6) is 0.488. The van der Waals surface area contributed by atoms with Crippen LogP contribution in [0.5, 0.6) is 11.5 Å². The Kier molecular flexibility index (Phi) is 6.45. The minimum absolute atomic E-state index is 0.274. The zero-order valence-corrected chi connectivity index (χ0v) is 16.1. The first-order valence-corrected chi connectivity index (χ1v) is 9.80. The Balaban J connectivity index is 2.00. The lowest BCUT2D eigenvalue weighted by Gasteiger charge is -2.18. The fraction of sp³-hybridized carbons (Fsp3) is 0.455. The molecule has 5 nitrogen and oxygen atoms in total.